The fourth-order valence-corrected chi connectivity index (χ4v) is 1.50. The van der Waals surface area contributed by atoms with Gasteiger partial charge in [0, 0.05) is 26.0 Å². The van der Waals surface area contributed by atoms with Crippen LogP contribution < -0.4 is 0 Å². The molecule has 4 nitrogen and oxygen atoms in total. The van der Waals surface area contributed by atoms with E-state index >= 15 is 0 Å². The molecule has 0 aromatic heterocycles. The first-order valence-electron chi connectivity index (χ1n) is 5.03. The number of nitrogens with one attached hydrogen (secondary N) is 1. The normalized spacial score (nSPS) is 18.3. The van der Waals surface area contributed by atoms with Gasteiger partial charge in [0.1, 0.15) is 6.17 Å². The summed E-state index contributed by atoms with van der Waals surface area (Å²) in [7, 11) is 1.90. The minimum absolute atomic E-state index is 0.0265. The van der Waals surface area contributed by atoms with Crippen LogP contribution in [0.4, 0.5) is 0 Å². The predicted octanol–water partition coefficient (Wildman–Crippen LogP) is 1.22. The van der Waals surface area contributed by atoms with E-state index in [1.54, 1.807) is 18.4 Å². The topological polar surface area (TPSA) is 47.4 Å². The van der Waals surface area contributed by atoms with Gasteiger partial charge in [-0.1, -0.05) is 6.08 Å². The molecule has 0 aromatic rings. The van der Waals surface area contributed by atoms with Crippen LogP contribution in [0.3, 0.4) is 0 Å². The van der Waals surface area contributed by atoms with Gasteiger partial charge in [0.15, 0.2) is 0 Å². The lowest BCUT2D eigenvalue weighted by Crippen LogP contribution is -2.46. The fraction of sp³-hybridized carbons (Fsp3) is 0.455. The van der Waals surface area contributed by atoms with Crippen molar-refractivity contribution in [1.82, 2.24) is 9.80 Å². The highest BCUT2D eigenvalue weighted by Crippen LogP contribution is 2.10. The molecule has 82 valence electrons. The molecule has 4 heteroatoms. The van der Waals surface area contributed by atoms with E-state index in [1.807, 2.05) is 29.8 Å². The molecular formula is C11H17N3O. The molecule has 0 saturated heterocycles. The molecule has 1 heterocycles. The Morgan fingerprint density at radius 1 is 1.67 bits per heavy atom. The number of hydrogen-bond acceptors (Lipinski definition) is 3. The minimum atomic E-state index is 0.0265. The highest BCUT2D eigenvalue weighted by atomic mass is 16.2. The van der Waals surface area contributed by atoms with Crippen molar-refractivity contribution in [2.45, 2.75) is 19.5 Å². The number of allylic oxidation sites excluding steroid dienone is 1. The van der Waals surface area contributed by atoms with Gasteiger partial charge in [-0.25, -0.2) is 0 Å². The largest absolute Gasteiger partial charge is 0.361 e. The standard InChI is InChI=1S/C11H17N3O/c1-10(13(2)8-5-7-12)14-9-4-3-6-11(14)15/h3,5-8,10,12H,4,9H2,1-2H3/b8-5-,12-7?. The van der Waals surface area contributed by atoms with E-state index < -0.39 is 0 Å². The van der Waals surface area contributed by atoms with Crippen LogP contribution in [0, 0.1) is 5.41 Å². The van der Waals surface area contributed by atoms with Gasteiger partial charge >= 0.3 is 0 Å². The highest BCUT2D eigenvalue weighted by Gasteiger charge is 2.21. The third-order valence-electron chi connectivity index (χ3n) is 2.54. The molecule has 0 aliphatic carbocycles. The van der Waals surface area contributed by atoms with Gasteiger partial charge in [-0.15, -0.1) is 0 Å². The zero-order chi connectivity index (χ0) is 11.3. The molecule has 0 spiro atoms. The van der Waals surface area contributed by atoms with Crippen molar-refractivity contribution >= 4 is 12.1 Å². The second-order valence-corrected chi connectivity index (χ2v) is 3.53. The first kappa shape index (κ1) is 11.5. The molecule has 1 unspecified atom stereocenters. The summed E-state index contributed by atoms with van der Waals surface area (Å²) < 4.78 is 0. The van der Waals surface area contributed by atoms with Gasteiger partial charge in [0.25, 0.3) is 0 Å². The third-order valence-corrected chi connectivity index (χ3v) is 2.54. The Hall–Kier alpha value is -1.58. The zero-order valence-electron chi connectivity index (χ0n) is 9.18. The summed E-state index contributed by atoms with van der Waals surface area (Å²) in [4.78, 5) is 15.3. The quantitative estimate of drug-likeness (QED) is 0.704. The maximum absolute atomic E-state index is 11.6. The molecule has 1 atom stereocenters. The van der Waals surface area contributed by atoms with Crippen LogP contribution in [-0.2, 0) is 4.79 Å². The van der Waals surface area contributed by atoms with Crippen molar-refractivity contribution in [2.75, 3.05) is 13.6 Å². The molecule has 0 bridgehead atoms. The lowest BCUT2D eigenvalue weighted by molar-refractivity contribution is -0.131. The number of carbonyl (C=O) groups excluding carboxylic acids is 1. The van der Waals surface area contributed by atoms with Crippen LogP contribution in [0.1, 0.15) is 13.3 Å². The second kappa shape index (κ2) is 5.34. The molecule has 1 rings (SSSR count). The van der Waals surface area contributed by atoms with Crippen molar-refractivity contribution in [3.8, 4) is 0 Å². The first-order chi connectivity index (χ1) is 7.16. The molecule has 1 aliphatic heterocycles. The Morgan fingerprint density at radius 3 is 3.00 bits per heavy atom. The van der Waals surface area contributed by atoms with Gasteiger partial charge in [-0.05, 0) is 25.5 Å². The average molecular weight is 207 g/mol. The monoisotopic (exact) mass is 207 g/mol. The van der Waals surface area contributed by atoms with Crippen LogP contribution in [0.5, 0.6) is 0 Å². The van der Waals surface area contributed by atoms with E-state index in [-0.39, 0.29) is 12.1 Å². The predicted molar refractivity (Wildman–Crippen MR) is 60.6 cm³/mol. The Bertz CT molecular complexity index is 296. The van der Waals surface area contributed by atoms with Gasteiger partial charge in [0.05, 0.1) is 0 Å². The maximum Gasteiger partial charge on any atom is 0.247 e. The molecule has 15 heavy (non-hydrogen) atoms. The van der Waals surface area contributed by atoms with Gasteiger partial charge < -0.3 is 15.2 Å². The lowest BCUT2D eigenvalue weighted by atomic mass is 10.2. The van der Waals surface area contributed by atoms with Crippen molar-refractivity contribution < 1.29 is 4.79 Å². The second-order valence-electron chi connectivity index (χ2n) is 3.53. The Morgan fingerprint density at radius 2 is 2.40 bits per heavy atom. The lowest BCUT2D eigenvalue weighted by Gasteiger charge is -2.35. The molecule has 1 N–H and O–H groups in total. The zero-order valence-corrected chi connectivity index (χ0v) is 9.18. The molecule has 0 fully saturated rings. The van der Waals surface area contributed by atoms with E-state index in [4.69, 9.17) is 5.41 Å². The molecule has 1 amide bonds. The molecule has 0 saturated carbocycles. The van der Waals surface area contributed by atoms with Gasteiger partial charge in [-0.2, -0.15) is 0 Å². The number of carbonyl (C=O) groups is 1. The summed E-state index contributed by atoms with van der Waals surface area (Å²) >= 11 is 0. The minimum Gasteiger partial charge on any atom is -0.361 e. The van der Waals surface area contributed by atoms with Gasteiger partial charge in [0.2, 0.25) is 5.91 Å². The summed E-state index contributed by atoms with van der Waals surface area (Å²) in [6, 6.07) is 0. The van der Waals surface area contributed by atoms with E-state index in [2.05, 4.69) is 0 Å². The van der Waals surface area contributed by atoms with Crippen molar-refractivity contribution in [1.29, 1.82) is 5.41 Å². The summed E-state index contributed by atoms with van der Waals surface area (Å²) in [5, 5.41) is 6.89. The van der Waals surface area contributed by atoms with Crippen molar-refractivity contribution in [3.63, 3.8) is 0 Å². The summed E-state index contributed by atoms with van der Waals surface area (Å²) in [5.41, 5.74) is 0. The van der Waals surface area contributed by atoms with Crippen LogP contribution >= 0.6 is 0 Å². The van der Waals surface area contributed by atoms with Crippen LogP contribution in [0.25, 0.3) is 0 Å². The van der Waals surface area contributed by atoms with Crippen molar-refractivity contribution in [2.24, 2.45) is 0 Å². The summed E-state index contributed by atoms with van der Waals surface area (Å²) in [5.74, 6) is 0.0591. The van der Waals surface area contributed by atoms with Crippen LogP contribution in [0.15, 0.2) is 24.4 Å². The van der Waals surface area contributed by atoms with E-state index in [0.717, 1.165) is 13.0 Å². The maximum atomic E-state index is 11.6. The summed E-state index contributed by atoms with van der Waals surface area (Å²) in [6.45, 7) is 2.74. The average Bonchev–Trinajstić information content (AvgIpc) is 2.25. The number of nitrogens with zero attached hydrogens (tertiary/aromatic N) is 2. The summed E-state index contributed by atoms with van der Waals surface area (Å²) in [6.07, 6.45) is 9.12. The third kappa shape index (κ3) is 2.94. The van der Waals surface area contributed by atoms with Gasteiger partial charge in [-0.3, -0.25) is 4.79 Å². The first-order valence-corrected chi connectivity index (χ1v) is 5.03. The van der Waals surface area contributed by atoms with Crippen LogP contribution in [-0.4, -0.2) is 41.7 Å². The SMILES string of the molecule is CC(N(C)/C=C\C=N)N1CCC=CC1=O. The number of rotatable bonds is 4. The molecule has 0 radical (unpaired) electrons. The van der Waals surface area contributed by atoms with E-state index in [0.29, 0.717) is 0 Å². The highest BCUT2D eigenvalue weighted by molar-refractivity contribution is 5.88. The Balaban J connectivity index is 2.62. The molecule has 1 aliphatic rings. The number of hydrogen-bond donors (Lipinski definition) is 1. The van der Waals surface area contributed by atoms with Crippen molar-refractivity contribution in [3.05, 3.63) is 24.4 Å². The van der Waals surface area contributed by atoms with E-state index in [9.17, 15) is 4.79 Å². The number of amides is 1. The Kier molecular flexibility index (Phi) is 4.09. The van der Waals surface area contributed by atoms with Crippen LogP contribution in [0.2, 0.25) is 0 Å². The van der Waals surface area contributed by atoms with E-state index in [1.165, 1.54) is 6.21 Å². The molecular weight excluding hydrogens is 190 g/mol. The fourth-order valence-electron chi connectivity index (χ4n) is 1.50. The molecule has 0 aromatic carbocycles. The smallest absolute Gasteiger partial charge is 0.247 e. The Labute approximate surface area is 90.4 Å².